The molecule has 0 heterocycles. The maximum absolute atomic E-state index is 12.0. The van der Waals surface area contributed by atoms with Crippen molar-refractivity contribution in [3.63, 3.8) is 0 Å². The molecular formula is C12H16BrNO. The highest BCUT2D eigenvalue weighted by Crippen LogP contribution is 2.19. The summed E-state index contributed by atoms with van der Waals surface area (Å²) in [6.07, 6.45) is 0.978. The Hall–Kier alpha value is -0.830. The minimum Gasteiger partial charge on any atom is -0.342 e. The smallest absolute Gasteiger partial charge is 0.254 e. The fourth-order valence-electron chi connectivity index (χ4n) is 1.45. The van der Waals surface area contributed by atoms with Gasteiger partial charge in [0.2, 0.25) is 0 Å². The third-order valence-corrected chi connectivity index (χ3v) is 2.95. The van der Waals surface area contributed by atoms with E-state index in [1.165, 1.54) is 0 Å². The van der Waals surface area contributed by atoms with Gasteiger partial charge in [0.15, 0.2) is 0 Å². The number of amides is 1. The van der Waals surface area contributed by atoms with Crippen molar-refractivity contribution in [1.82, 2.24) is 4.90 Å². The highest BCUT2D eigenvalue weighted by atomic mass is 79.9. The van der Waals surface area contributed by atoms with E-state index in [2.05, 4.69) is 22.9 Å². The van der Waals surface area contributed by atoms with Gasteiger partial charge in [0.05, 0.1) is 5.56 Å². The summed E-state index contributed by atoms with van der Waals surface area (Å²) in [6.45, 7) is 4.84. The first-order chi connectivity index (χ1) is 7.06. The van der Waals surface area contributed by atoms with E-state index in [1.54, 1.807) is 4.90 Å². The van der Waals surface area contributed by atoms with Crippen molar-refractivity contribution < 1.29 is 4.79 Å². The molecule has 0 aliphatic heterocycles. The van der Waals surface area contributed by atoms with Gasteiger partial charge < -0.3 is 4.90 Å². The number of halogens is 1. The zero-order valence-corrected chi connectivity index (χ0v) is 11.0. The van der Waals surface area contributed by atoms with Crippen LogP contribution in [0.15, 0.2) is 22.7 Å². The van der Waals surface area contributed by atoms with Crippen LogP contribution in [0.1, 0.15) is 29.3 Å². The van der Waals surface area contributed by atoms with Crippen LogP contribution in [0.25, 0.3) is 0 Å². The standard InChI is InChI=1S/C12H16BrNO/c1-4-7-14(3)12(15)10-8-9(2)5-6-11(10)13/h5-6,8H,4,7H2,1-3H3. The van der Waals surface area contributed by atoms with Gasteiger partial charge in [-0.05, 0) is 41.4 Å². The molecule has 0 saturated heterocycles. The topological polar surface area (TPSA) is 20.3 Å². The predicted molar refractivity (Wildman–Crippen MR) is 66.1 cm³/mol. The molecule has 0 fully saturated rings. The Bertz CT molecular complexity index is 363. The molecule has 1 amide bonds. The summed E-state index contributed by atoms with van der Waals surface area (Å²) in [5.41, 5.74) is 1.84. The highest BCUT2D eigenvalue weighted by molar-refractivity contribution is 9.10. The summed E-state index contributed by atoms with van der Waals surface area (Å²) in [5, 5.41) is 0. The van der Waals surface area contributed by atoms with E-state index < -0.39 is 0 Å². The molecule has 0 aliphatic rings. The molecule has 0 atom stereocenters. The SMILES string of the molecule is CCCN(C)C(=O)c1cc(C)ccc1Br. The van der Waals surface area contributed by atoms with Gasteiger partial charge in [0.25, 0.3) is 5.91 Å². The van der Waals surface area contributed by atoms with Crippen molar-refractivity contribution in [2.24, 2.45) is 0 Å². The molecule has 0 saturated carbocycles. The van der Waals surface area contributed by atoms with Crippen LogP contribution in [-0.2, 0) is 0 Å². The zero-order valence-electron chi connectivity index (χ0n) is 9.38. The maximum Gasteiger partial charge on any atom is 0.254 e. The molecule has 0 radical (unpaired) electrons. The average molecular weight is 270 g/mol. The summed E-state index contributed by atoms with van der Waals surface area (Å²) < 4.78 is 0.862. The molecule has 1 aromatic carbocycles. The second-order valence-electron chi connectivity index (χ2n) is 3.71. The van der Waals surface area contributed by atoms with Gasteiger partial charge in [-0.2, -0.15) is 0 Å². The fraction of sp³-hybridized carbons (Fsp3) is 0.417. The zero-order chi connectivity index (χ0) is 11.4. The van der Waals surface area contributed by atoms with Crippen LogP contribution in [0.5, 0.6) is 0 Å². The van der Waals surface area contributed by atoms with Gasteiger partial charge in [0, 0.05) is 18.1 Å². The first-order valence-electron chi connectivity index (χ1n) is 5.08. The molecule has 0 N–H and O–H groups in total. The Morgan fingerprint density at radius 3 is 2.73 bits per heavy atom. The molecule has 2 nitrogen and oxygen atoms in total. The number of aryl methyl sites for hydroxylation is 1. The first-order valence-corrected chi connectivity index (χ1v) is 5.87. The van der Waals surface area contributed by atoms with E-state index in [-0.39, 0.29) is 5.91 Å². The summed E-state index contributed by atoms with van der Waals surface area (Å²) in [7, 11) is 1.83. The van der Waals surface area contributed by atoms with Crippen LogP contribution in [0, 0.1) is 6.92 Å². The number of hydrogen-bond donors (Lipinski definition) is 0. The molecule has 0 unspecified atom stereocenters. The van der Waals surface area contributed by atoms with Crippen LogP contribution in [-0.4, -0.2) is 24.4 Å². The van der Waals surface area contributed by atoms with Crippen molar-refractivity contribution in [3.8, 4) is 0 Å². The largest absolute Gasteiger partial charge is 0.342 e. The van der Waals surface area contributed by atoms with E-state index >= 15 is 0 Å². The molecule has 1 rings (SSSR count). The summed E-state index contributed by atoms with van der Waals surface area (Å²) in [4.78, 5) is 13.8. The summed E-state index contributed by atoms with van der Waals surface area (Å²) in [5.74, 6) is 0.0763. The molecule has 0 aromatic heterocycles. The Morgan fingerprint density at radius 2 is 2.13 bits per heavy atom. The van der Waals surface area contributed by atoms with Crippen molar-refractivity contribution in [2.75, 3.05) is 13.6 Å². The van der Waals surface area contributed by atoms with Crippen LogP contribution < -0.4 is 0 Å². The minimum atomic E-state index is 0.0763. The molecule has 0 spiro atoms. The number of benzene rings is 1. The van der Waals surface area contributed by atoms with Gasteiger partial charge in [0.1, 0.15) is 0 Å². The quantitative estimate of drug-likeness (QED) is 0.825. The van der Waals surface area contributed by atoms with Crippen molar-refractivity contribution in [2.45, 2.75) is 20.3 Å². The van der Waals surface area contributed by atoms with Gasteiger partial charge in [-0.3, -0.25) is 4.79 Å². The molecule has 0 aliphatic carbocycles. The van der Waals surface area contributed by atoms with Crippen LogP contribution in [0.3, 0.4) is 0 Å². The number of rotatable bonds is 3. The summed E-state index contributed by atoms with van der Waals surface area (Å²) in [6, 6.07) is 5.82. The van der Waals surface area contributed by atoms with Crippen molar-refractivity contribution in [3.05, 3.63) is 33.8 Å². The second kappa shape index (κ2) is 5.31. The average Bonchev–Trinajstić information content (AvgIpc) is 2.21. The molecule has 3 heteroatoms. The summed E-state index contributed by atoms with van der Waals surface area (Å²) >= 11 is 3.40. The van der Waals surface area contributed by atoms with Crippen LogP contribution >= 0.6 is 15.9 Å². The van der Waals surface area contributed by atoms with Gasteiger partial charge in [-0.1, -0.05) is 18.6 Å². The van der Waals surface area contributed by atoms with E-state index in [9.17, 15) is 4.79 Å². The van der Waals surface area contributed by atoms with Gasteiger partial charge in [-0.15, -0.1) is 0 Å². The third-order valence-electron chi connectivity index (χ3n) is 2.26. The lowest BCUT2D eigenvalue weighted by atomic mass is 10.1. The molecule has 1 aromatic rings. The number of nitrogens with zero attached hydrogens (tertiary/aromatic N) is 1. The Balaban J connectivity index is 2.95. The minimum absolute atomic E-state index is 0.0763. The molecular weight excluding hydrogens is 254 g/mol. The normalized spacial score (nSPS) is 10.1. The predicted octanol–water partition coefficient (Wildman–Crippen LogP) is 3.24. The number of hydrogen-bond acceptors (Lipinski definition) is 1. The monoisotopic (exact) mass is 269 g/mol. The van der Waals surface area contributed by atoms with Gasteiger partial charge >= 0.3 is 0 Å². The number of carbonyl (C=O) groups excluding carboxylic acids is 1. The lowest BCUT2D eigenvalue weighted by Crippen LogP contribution is -2.27. The van der Waals surface area contributed by atoms with Gasteiger partial charge in [-0.25, -0.2) is 0 Å². The molecule has 0 bridgehead atoms. The van der Waals surface area contributed by atoms with Crippen LogP contribution in [0.4, 0.5) is 0 Å². The first kappa shape index (κ1) is 12.2. The van der Waals surface area contributed by atoms with E-state index in [4.69, 9.17) is 0 Å². The van der Waals surface area contributed by atoms with Crippen molar-refractivity contribution in [1.29, 1.82) is 0 Å². The molecule has 82 valence electrons. The van der Waals surface area contributed by atoms with Crippen LogP contribution in [0.2, 0.25) is 0 Å². The third kappa shape index (κ3) is 3.06. The molecule has 15 heavy (non-hydrogen) atoms. The lowest BCUT2D eigenvalue weighted by Gasteiger charge is -2.17. The Labute approximate surface area is 99.4 Å². The van der Waals surface area contributed by atoms with E-state index in [1.807, 2.05) is 32.2 Å². The Morgan fingerprint density at radius 1 is 1.47 bits per heavy atom. The van der Waals surface area contributed by atoms with E-state index in [0.717, 1.165) is 28.6 Å². The maximum atomic E-state index is 12.0. The fourth-order valence-corrected chi connectivity index (χ4v) is 1.86. The Kier molecular flexibility index (Phi) is 4.33. The van der Waals surface area contributed by atoms with E-state index in [0.29, 0.717) is 0 Å². The highest BCUT2D eigenvalue weighted by Gasteiger charge is 2.13. The lowest BCUT2D eigenvalue weighted by molar-refractivity contribution is 0.0794. The van der Waals surface area contributed by atoms with Crippen molar-refractivity contribution >= 4 is 21.8 Å². The number of carbonyl (C=O) groups is 1. The second-order valence-corrected chi connectivity index (χ2v) is 4.56.